The van der Waals surface area contributed by atoms with Crippen LogP contribution in [0.15, 0.2) is 97.5 Å². The summed E-state index contributed by atoms with van der Waals surface area (Å²) in [6, 6.07) is 25.7. The number of anilines is 2. The number of aromatic nitrogens is 3. The maximum absolute atomic E-state index is 13.0. The van der Waals surface area contributed by atoms with Crippen LogP contribution < -0.4 is 10.6 Å². The molecule has 5 aromatic rings. The third-order valence-electron chi connectivity index (χ3n) is 5.54. The van der Waals surface area contributed by atoms with Crippen molar-refractivity contribution < 1.29 is 4.79 Å². The standard InChI is InChI=1S/C29H27N5O/c1-29(2,3)33-28(35)24-15-8-7-14-23(24)20-10-9-11-21(18-20)25-19-34-17-16-30-27(34)26(32-25)31-22-12-5-4-6-13-22/h4-19H,1-3H3,(H,31,32)(H,33,35). The molecule has 35 heavy (non-hydrogen) atoms. The summed E-state index contributed by atoms with van der Waals surface area (Å²) >= 11 is 0. The van der Waals surface area contributed by atoms with Crippen molar-refractivity contribution in [2.45, 2.75) is 26.3 Å². The lowest BCUT2D eigenvalue weighted by molar-refractivity contribution is 0.0920. The highest BCUT2D eigenvalue weighted by Crippen LogP contribution is 2.30. The monoisotopic (exact) mass is 461 g/mol. The van der Waals surface area contributed by atoms with Gasteiger partial charge >= 0.3 is 0 Å². The zero-order chi connectivity index (χ0) is 24.4. The summed E-state index contributed by atoms with van der Waals surface area (Å²) in [4.78, 5) is 22.4. The molecule has 6 nitrogen and oxygen atoms in total. The van der Waals surface area contributed by atoms with E-state index in [1.807, 2.05) is 110 Å². The Morgan fingerprint density at radius 3 is 2.43 bits per heavy atom. The van der Waals surface area contributed by atoms with E-state index in [1.165, 1.54) is 0 Å². The number of rotatable bonds is 5. The van der Waals surface area contributed by atoms with Gasteiger partial charge in [-0.2, -0.15) is 0 Å². The summed E-state index contributed by atoms with van der Waals surface area (Å²) in [6.07, 6.45) is 5.64. The molecule has 2 heterocycles. The third-order valence-corrected chi connectivity index (χ3v) is 5.54. The van der Waals surface area contributed by atoms with E-state index >= 15 is 0 Å². The molecule has 0 unspecified atom stereocenters. The molecule has 0 saturated carbocycles. The number of nitrogens with zero attached hydrogens (tertiary/aromatic N) is 3. The molecule has 0 fully saturated rings. The molecule has 3 aromatic carbocycles. The predicted molar refractivity (Wildman–Crippen MR) is 141 cm³/mol. The first kappa shape index (κ1) is 22.3. The quantitative estimate of drug-likeness (QED) is 0.321. The van der Waals surface area contributed by atoms with Gasteiger partial charge in [0, 0.05) is 40.9 Å². The minimum absolute atomic E-state index is 0.0918. The average Bonchev–Trinajstić information content (AvgIpc) is 3.33. The predicted octanol–water partition coefficient (Wildman–Crippen LogP) is 6.34. The highest BCUT2D eigenvalue weighted by atomic mass is 16.1. The first-order valence-electron chi connectivity index (χ1n) is 11.6. The summed E-state index contributed by atoms with van der Waals surface area (Å²) in [5.41, 5.74) is 5.58. The summed E-state index contributed by atoms with van der Waals surface area (Å²) in [7, 11) is 0. The van der Waals surface area contributed by atoms with Gasteiger partial charge in [0.25, 0.3) is 5.91 Å². The van der Waals surface area contributed by atoms with E-state index in [-0.39, 0.29) is 11.4 Å². The van der Waals surface area contributed by atoms with Gasteiger partial charge in [-0.05, 0) is 56.2 Å². The van der Waals surface area contributed by atoms with Crippen LogP contribution in [-0.4, -0.2) is 25.8 Å². The lowest BCUT2D eigenvalue weighted by atomic mass is 9.96. The van der Waals surface area contributed by atoms with Crippen molar-refractivity contribution in [2.24, 2.45) is 0 Å². The van der Waals surface area contributed by atoms with Crippen molar-refractivity contribution in [3.63, 3.8) is 0 Å². The molecule has 0 bridgehead atoms. The van der Waals surface area contributed by atoms with Crippen molar-refractivity contribution in [1.29, 1.82) is 0 Å². The van der Waals surface area contributed by atoms with E-state index in [0.29, 0.717) is 11.4 Å². The fraction of sp³-hybridized carbons (Fsp3) is 0.138. The van der Waals surface area contributed by atoms with E-state index in [4.69, 9.17) is 4.98 Å². The molecular formula is C29H27N5O. The van der Waals surface area contributed by atoms with Crippen molar-refractivity contribution in [1.82, 2.24) is 19.7 Å². The Labute approximate surface area is 204 Å². The first-order valence-corrected chi connectivity index (χ1v) is 11.6. The number of carbonyl (C=O) groups excluding carboxylic acids is 1. The Kier molecular flexibility index (Phi) is 5.79. The zero-order valence-corrected chi connectivity index (χ0v) is 20.0. The van der Waals surface area contributed by atoms with E-state index in [9.17, 15) is 4.79 Å². The van der Waals surface area contributed by atoms with Crippen molar-refractivity contribution >= 4 is 23.1 Å². The minimum Gasteiger partial charge on any atom is -0.347 e. The van der Waals surface area contributed by atoms with Crippen LogP contribution in [-0.2, 0) is 0 Å². The number of fused-ring (bicyclic) bond motifs is 1. The van der Waals surface area contributed by atoms with Crippen LogP contribution in [0.2, 0.25) is 0 Å². The molecule has 1 amide bonds. The molecule has 174 valence electrons. The second-order valence-corrected chi connectivity index (χ2v) is 9.45. The number of nitrogens with one attached hydrogen (secondary N) is 2. The number of benzene rings is 3. The lowest BCUT2D eigenvalue weighted by Crippen LogP contribution is -2.40. The molecule has 0 radical (unpaired) electrons. The van der Waals surface area contributed by atoms with Crippen molar-refractivity contribution in [3.8, 4) is 22.4 Å². The summed E-state index contributed by atoms with van der Waals surface area (Å²) < 4.78 is 1.96. The Balaban J connectivity index is 1.55. The van der Waals surface area contributed by atoms with E-state index < -0.39 is 0 Å². The van der Waals surface area contributed by atoms with Crippen LogP contribution >= 0.6 is 0 Å². The summed E-state index contributed by atoms with van der Waals surface area (Å²) in [5.74, 6) is 0.583. The van der Waals surface area contributed by atoms with E-state index in [0.717, 1.165) is 33.7 Å². The molecule has 0 aliphatic carbocycles. The average molecular weight is 462 g/mol. The highest BCUT2D eigenvalue weighted by molar-refractivity contribution is 6.01. The van der Waals surface area contributed by atoms with Crippen molar-refractivity contribution in [2.75, 3.05) is 5.32 Å². The highest BCUT2D eigenvalue weighted by Gasteiger charge is 2.19. The molecule has 2 aromatic heterocycles. The van der Waals surface area contributed by atoms with Gasteiger partial charge in [-0.25, -0.2) is 9.97 Å². The van der Waals surface area contributed by atoms with Gasteiger partial charge in [0.1, 0.15) is 0 Å². The number of imidazole rings is 1. The van der Waals surface area contributed by atoms with Gasteiger partial charge in [-0.3, -0.25) is 4.79 Å². The Bertz CT molecular complexity index is 1500. The minimum atomic E-state index is -0.321. The maximum Gasteiger partial charge on any atom is 0.252 e. The molecule has 5 rings (SSSR count). The topological polar surface area (TPSA) is 71.3 Å². The molecule has 2 N–H and O–H groups in total. The Morgan fingerprint density at radius 1 is 0.886 bits per heavy atom. The lowest BCUT2D eigenvalue weighted by Gasteiger charge is -2.21. The summed E-state index contributed by atoms with van der Waals surface area (Å²) in [5, 5.41) is 6.46. The molecule has 0 aliphatic heterocycles. The maximum atomic E-state index is 13.0. The van der Waals surface area contributed by atoms with Gasteiger partial charge in [0.2, 0.25) is 0 Å². The van der Waals surface area contributed by atoms with E-state index in [1.54, 1.807) is 6.20 Å². The van der Waals surface area contributed by atoms with Gasteiger partial charge in [-0.1, -0.05) is 54.6 Å². The fourth-order valence-corrected chi connectivity index (χ4v) is 4.00. The van der Waals surface area contributed by atoms with Crippen LogP contribution in [0, 0.1) is 0 Å². The molecule has 0 saturated heterocycles. The molecule has 0 spiro atoms. The van der Waals surface area contributed by atoms with Crippen LogP contribution in [0.1, 0.15) is 31.1 Å². The molecule has 0 aliphatic rings. The Hall–Kier alpha value is -4.45. The van der Waals surface area contributed by atoms with Gasteiger partial charge in [0.05, 0.1) is 5.69 Å². The largest absolute Gasteiger partial charge is 0.347 e. The second kappa shape index (κ2) is 9.06. The molecular weight excluding hydrogens is 434 g/mol. The Morgan fingerprint density at radius 2 is 1.63 bits per heavy atom. The normalized spacial score (nSPS) is 11.4. The second-order valence-electron chi connectivity index (χ2n) is 9.45. The van der Waals surface area contributed by atoms with Crippen LogP contribution in [0.5, 0.6) is 0 Å². The van der Waals surface area contributed by atoms with Crippen LogP contribution in [0.25, 0.3) is 28.0 Å². The number of hydrogen-bond donors (Lipinski definition) is 2. The van der Waals surface area contributed by atoms with Gasteiger partial charge in [-0.15, -0.1) is 0 Å². The zero-order valence-electron chi connectivity index (χ0n) is 20.0. The number of carbonyl (C=O) groups is 1. The van der Waals surface area contributed by atoms with Crippen LogP contribution in [0.4, 0.5) is 11.5 Å². The molecule has 6 heteroatoms. The van der Waals surface area contributed by atoms with Gasteiger partial charge in [0.15, 0.2) is 11.5 Å². The first-order chi connectivity index (χ1) is 16.9. The van der Waals surface area contributed by atoms with Crippen LogP contribution in [0.3, 0.4) is 0 Å². The fourth-order valence-electron chi connectivity index (χ4n) is 4.00. The number of amides is 1. The molecule has 0 atom stereocenters. The smallest absolute Gasteiger partial charge is 0.252 e. The van der Waals surface area contributed by atoms with E-state index in [2.05, 4.69) is 21.7 Å². The SMILES string of the molecule is CC(C)(C)NC(=O)c1ccccc1-c1cccc(-c2cn3ccnc3c(Nc3ccccc3)n2)c1. The van der Waals surface area contributed by atoms with Gasteiger partial charge < -0.3 is 15.0 Å². The summed E-state index contributed by atoms with van der Waals surface area (Å²) in [6.45, 7) is 5.94. The number of hydrogen-bond acceptors (Lipinski definition) is 4. The number of para-hydroxylation sites is 1. The van der Waals surface area contributed by atoms with Crippen molar-refractivity contribution in [3.05, 3.63) is 103 Å². The third kappa shape index (κ3) is 4.92.